The monoisotopic (exact) mass is 322 g/mol. The maximum atomic E-state index is 12.3. The molecule has 1 saturated heterocycles. The van der Waals surface area contributed by atoms with Crippen molar-refractivity contribution in [1.29, 1.82) is 0 Å². The molecule has 1 aliphatic carbocycles. The van der Waals surface area contributed by atoms with Crippen LogP contribution in [-0.4, -0.2) is 43.2 Å². The number of amides is 2. The van der Waals surface area contributed by atoms with E-state index in [1.54, 1.807) is 11.0 Å². The average Bonchev–Trinajstić information content (AvgIpc) is 2.56. The molecule has 22 heavy (non-hydrogen) atoms. The van der Waals surface area contributed by atoms with Crippen molar-refractivity contribution < 1.29 is 9.69 Å². The Morgan fingerprint density at radius 2 is 1.91 bits per heavy atom. The molecule has 0 atom stereocenters. The third-order valence-corrected chi connectivity index (χ3v) is 5.19. The standard InChI is InChI=1S/C17H24ClN3O/c18-14-5-4-6-15(13-14)19-17(22)21-11-9-20(10-12-21)16-7-2-1-3-8-16/h4-6,13,16H,1-3,7-12H2,(H,19,22)/p+1. The van der Waals surface area contributed by atoms with E-state index >= 15 is 0 Å². The van der Waals surface area contributed by atoms with Crippen LogP contribution in [0.15, 0.2) is 24.3 Å². The quantitative estimate of drug-likeness (QED) is 0.862. The molecule has 3 rings (SSSR count). The molecule has 1 aromatic carbocycles. The molecule has 2 fully saturated rings. The summed E-state index contributed by atoms with van der Waals surface area (Å²) >= 11 is 5.95. The van der Waals surface area contributed by atoms with Crippen LogP contribution in [0.5, 0.6) is 0 Å². The van der Waals surface area contributed by atoms with Gasteiger partial charge in [0.25, 0.3) is 0 Å². The number of benzene rings is 1. The zero-order valence-electron chi connectivity index (χ0n) is 13.0. The zero-order valence-corrected chi connectivity index (χ0v) is 13.7. The number of nitrogens with zero attached hydrogens (tertiary/aromatic N) is 1. The fourth-order valence-electron chi connectivity index (χ4n) is 3.68. The number of hydrogen-bond acceptors (Lipinski definition) is 1. The highest BCUT2D eigenvalue weighted by Crippen LogP contribution is 2.17. The topological polar surface area (TPSA) is 36.8 Å². The Balaban J connectivity index is 1.49. The van der Waals surface area contributed by atoms with E-state index in [1.807, 2.05) is 23.1 Å². The molecular formula is C17H25ClN3O+. The summed E-state index contributed by atoms with van der Waals surface area (Å²) in [4.78, 5) is 15.9. The van der Waals surface area contributed by atoms with Gasteiger partial charge in [-0.05, 0) is 43.9 Å². The lowest BCUT2D eigenvalue weighted by Gasteiger charge is -2.37. The number of hydrogen-bond donors (Lipinski definition) is 2. The highest BCUT2D eigenvalue weighted by Gasteiger charge is 2.30. The molecule has 5 heteroatoms. The van der Waals surface area contributed by atoms with Gasteiger partial charge in [-0.15, -0.1) is 0 Å². The molecule has 2 N–H and O–H groups in total. The summed E-state index contributed by atoms with van der Waals surface area (Å²) in [5, 5.41) is 3.58. The Hall–Kier alpha value is -1.26. The predicted molar refractivity (Wildman–Crippen MR) is 89.6 cm³/mol. The molecule has 2 aliphatic rings. The van der Waals surface area contributed by atoms with Gasteiger partial charge in [0.15, 0.2) is 0 Å². The minimum absolute atomic E-state index is 0.00930. The normalized spacial score (nSPS) is 20.9. The molecule has 1 aliphatic heterocycles. The smallest absolute Gasteiger partial charge is 0.322 e. The zero-order chi connectivity index (χ0) is 15.4. The SMILES string of the molecule is O=C(Nc1cccc(Cl)c1)N1CC[NH+](C2CCCCC2)CC1. The van der Waals surface area contributed by atoms with Gasteiger partial charge in [-0.25, -0.2) is 4.79 Å². The summed E-state index contributed by atoms with van der Waals surface area (Å²) in [5.41, 5.74) is 0.763. The van der Waals surface area contributed by atoms with Gasteiger partial charge in [-0.3, -0.25) is 0 Å². The van der Waals surface area contributed by atoms with Gasteiger partial charge in [0.2, 0.25) is 0 Å². The fraction of sp³-hybridized carbons (Fsp3) is 0.588. The maximum Gasteiger partial charge on any atom is 0.322 e. The van der Waals surface area contributed by atoms with Crippen molar-refractivity contribution in [3.8, 4) is 0 Å². The van der Waals surface area contributed by atoms with Crippen molar-refractivity contribution in [3.63, 3.8) is 0 Å². The van der Waals surface area contributed by atoms with Gasteiger partial charge in [0.1, 0.15) is 0 Å². The van der Waals surface area contributed by atoms with Gasteiger partial charge in [-0.2, -0.15) is 0 Å². The van der Waals surface area contributed by atoms with Crippen molar-refractivity contribution in [2.45, 2.75) is 38.1 Å². The first-order valence-electron chi connectivity index (χ1n) is 8.38. The van der Waals surface area contributed by atoms with Gasteiger partial charge < -0.3 is 15.1 Å². The van der Waals surface area contributed by atoms with Crippen LogP contribution in [0.3, 0.4) is 0 Å². The largest absolute Gasteiger partial charge is 0.330 e. The number of carbonyl (C=O) groups is 1. The maximum absolute atomic E-state index is 12.3. The first-order valence-corrected chi connectivity index (χ1v) is 8.76. The molecule has 0 spiro atoms. The number of urea groups is 1. The Morgan fingerprint density at radius 3 is 2.59 bits per heavy atom. The van der Waals surface area contributed by atoms with E-state index in [1.165, 1.54) is 32.1 Å². The molecule has 120 valence electrons. The van der Waals surface area contributed by atoms with Crippen LogP contribution in [0.4, 0.5) is 10.5 Å². The van der Waals surface area contributed by atoms with Crippen molar-refractivity contribution in [3.05, 3.63) is 29.3 Å². The molecule has 0 radical (unpaired) electrons. The van der Waals surface area contributed by atoms with Gasteiger partial charge >= 0.3 is 6.03 Å². The third-order valence-electron chi connectivity index (χ3n) is 4.95. The van der Waals surface area contributed by atoms with E-state index in [2.05, 4.69) is 5.32 Å². The molecule has 0 unspecified atom stereocenters. The fourth-order valence-corrected chi connectivity index (χ4v) is 3.88. The van der Waals surface area contributed by atoms with Crippen LogP contribution in [0, 0.1) is 0 Å². The Kier molecular flexibility index (Phi) is 5.21. The summed E-state index contributed by atoms with van der Waals surface area (Å²) in [7, 11) is 0. The minimum Gasteiger partial charge on any atom is -0.330 e. The molecule has 0 aromatic heterocycles. The second kappa shape index (κ2) is 7.34. The summed E-state index contributed by atoms with van der Waals surface area (Å²) < 4.78 is 0. The molecule has 4 nitrogen and oxygen atoms in total. The van der Waals surface area contributed by atoms with E-state index in [-0.39, 0.29) is 6.03 Å². The molecule has 1 aromatic rings. The number of halogens is 1. The van der Waals surface area contributed by atoms with Crippen molar-refractivity contribution in [1.82, 2.24) is 4.90 Å². The van der Waals surface area contributed by atoms with Crippen LogP contribution < -0.4 is 10.2 Å². The average molecular weight is 323 g/mol. The molecular weight excluding hydrogens is 298 g/mol. The summed E-state index contributed by atoms with van der Waals surface area (Å²) in [6.45, 7) is 3.84. The highest BCUT2D eigenvalue weighted by atomic mass is 35.5. The van der Waals surface area contributed by atoms with Gasteiger partial charge in [0.05, 0.1) is 32.2 Å². The van der Waals surface area contributed by atoms with Gasteiger partial charge in [-0.1, -0.05) is 24.1 Å². The van der Waals surface area contributed by atoms with Crippen LogP contribution in [0.1, 0.15) is 32.1 Å². The van der Waals surface area contributed by atoms with Crippen molar-refractivity contribution in [2.75, 3.05) is 31.5 Å². The molecule has 1 heterocycles. The number of quaternary nitrogens is 1. The Labute approximate surface area is 137 Å². The van der Waals surface area contributed by atoms with Crippen LogP contribution in [0.25, 0.3) is 0 Å². The molecule has 1 saturated carbocycles. The Bertz CT molecular complexity index is 508. The highest BCUT2D eigenvalue weighted by molar-refractivity contribution is 6.30. The van der Waals surface area contributed by atoms with Crippen LogP contribution in [0.2, 0.25) is 5.02 Å². The summed E-state index contributed by atoms with van der Waals surface area (Å²) in [6.07, 6.45) is 6.90. The van der Waals surface area contributed by atoms with Crippen molar-refractivity contribution >= 4 is 23.3 Å². The van der Waals surface area contributed by atoms with E-state index in [9.17, 15) is 4.79 Å². The lowest BCUT2D eigenvalue weighted by molar-refractivity contribution is -0.930. The second-order valence-electron chi connectivity index (χ2n) is 6.42. The second-order valence-corrected chi connectivity index (χ2v) is 6.86. The van der Waals surface area contributed by atoms with Crippen LogP contribution in [-0.2, 0) is 0 Å². The van der Waals surface area contributed by atoms with Gasteiger partial charge in [0, 0.05) is 10.7 Å². The van der Waals surface area contributed by atoms with E-state index < -0.39 is 0 Å². The van der Waals surface area contributed by atoms with E-state index in [0.29, 0.717) is 5.02 Å². The minimum atomic E-state index is -0.00930. The lowest BCUT2D eigenvalue weighted by atomic mass is 9.94. The first-order chi connectivity index (χ1) is 10.7. The first kappa shape index (κ1) is 15.6. The number of nitrogens with one attached hydrogen (secondary N) is 2. The van der Waals surface area contributed by atoms with Crippen LogP contribution >= 0.6 is 11.6 Å². The van der Waals surface area contributed by atoms with E-state index in [4.69, 9.17) is 11.6 Å². The van der Waals surface area contributed by atoms with Crippen molar-refractivity contribution in [2.24, 2.45) is 0 Å². The predicted octanol–water partition coefficient (Wildman–Crippen LogP) is 2.41. The lowest BCUT2D eigenvalue weighted by Crippen LogP contribution is -3.18. The Morgan fingerprint density at radius 1 is 1.18 bits per heavy atom. The summed E-state index contributed by atoms with van der Waals surface area (Å²) in [6, 6.07) is 8.12. The molecule has 0 bridgehead atoms. The van der Waals surface area contributed by atoms with E-state index in [0.717, 1.165) is 37.9 Å². The summed E-state index contributed by atoms with van der Waals surface area (Å²) in [5.74, 6) is 0. The third kappa shape index (κ3) is 3.93. The number of piperazine rings is 1. The number of carbonyl (C=O) groups excluding carboxylic acids is 1. The molecule has 2 amide bonds. The number of rotatable bonds is 2. The number of anilines is 1.